The fourth-order valence-electron chi connectivity index (χ4n) is 2.42. The molecule has 1 N–H and O–H groups in total. The maximum Gasteiger partial charge on any atom is 0.325 e. The molecule has 1 aliphatic rings. The van der Waals surface area contributed by atoms with Crippen LogP contribution in [0, 0.1) is 17.0 Å². The lowest BCUT2D eigenvalue weighted by atomic mass is 9.90. The lowest BCUT2D eigenvalue weighted by Crippen LogP contribution is -2.42. The summed E-state index contributed by atoms with van der Waals surface area (Å²) < 4.78 is 27.0. The van der Waals surface area contributed by atoms with Gasteiger partial charge in [0, 0.05) is 18.2 Å². The number of halogens is 2. The Labute approximate surface area is 128 Å². The minimum atomic E-state index is -1.51. The Balaban J connectivity index is 2.29. The number of nitrogens with one attached hydrogen (secondary N) is 1. The average molecular weight is 310 g/mol. The van der Waals surface area contributed by atoms with Crippen LogP contribution >= 0.6 is 0 Å². The molecule has 22 heavy (non-hydrogen) atoms. The van der Waals surface area contributed by atoms with Crippen LogP contribution in [0.5, 0.6) is 0 Å². The predicted molar refractivity (Wildman–Crippen MR) is 78.0 cm³/mol. The second kappa shape index (κ2) is 5.34. The average Bonchev–Trinajstić information content (AvgIpc) is 2.57. The number of imide groups is 1. The molecule has 0 saturated carbocycles. The van der Waals surface area contributed by atoms with Crippen molar-refractivity contribution in [2.45, 2.75) is 39.7 Å². The molecule has 0 aliphatic carbocycles. The van der Waals surface area contributed by atoms with Crippen LogP contribution in [0.25, 0.3) is 0 Å². The standard InChI is InChI=1S/C16H20F2N2O2/c1-15(2,3)7-8-20-13(21)16(4,19-14(20)22)11-6-5-10(17)9-12(11)18/h5-6,9H,7-8H2,1-4H3,(H,19,22). The highest BCUT2D eigenvalue weighted by molar-refractivity contribution is 6.07. The van der Waals surface area contributed by atoms with Gasteiger partial charge >= 0.3 is 6.03 Å². The Bertz CT molecular complexity index is 625. The molecule has 2 rings (SSSR count). The summed E-state index contributed by atoms with van der Waals surface area (Å²) in [6, 6.07) is 2.41. The van der Waals surface area contributed by atoms with Crippen LogP contribution in [-0.4, -0.2) is 23.4 Å². The van der Waals surface area contributed by atoms with Crippen molar-refractivity contribution < 1.29 is 18.4 Å². The molecule has 1 aliphatic heterocycles. The van der Waals surface area contributed by atoms with Crippen molar-refractivity contribution in [1.82, 2.24) is 10.2 Å². The molecule has 0 bridgehead atoms. The van der Waals surface area contributed by atoms with Crippen molar-refractivity contribution in [3.63, 3.8) is 0 Å². The number of benzene rings is 1. The fraction of sp³-hybridized carbons (Fsp3) is 0.500. The zero-order chi connectivity index (χ0) is 16.7. The third-order valence-electron chi connectivity index (χ3n) is 3.83. The molecule has 3 amide bonds. The Hall–Kier alpha value is -1.98. The first-order valence-electron chi connectivity index (χ1n) is 7.14. The van der Waals surface area contributed by atoms with E-state index in [-0.39, 0.29) is 17.5 Å². The Morgan fingerprint density at radius 1 is 1.23 bits per heavy atom. The molecule has 1 saturated heterocycles. The van der Waals surface area contributed by atoms with Crippen molar-refractivity contribution in [1.29, 1.82) is 0 Å². The van der Waals surface area contributed by atoms with Crippen LogP contribution < -0.4 is 5.32 Å². The van der Waals surface area contributed by atoms with Gasteiger partial charge in [0.25, 0.3) is 5.91 Å². The summed E-state index contributed by atoms with van der Waals surface area (Å²) in [6.07, 6.45) is 0.633. The molecule has 1 fully saturated rings. The van der Waals surface area contributed by atoms with Gasteiger partial charge in [-0.05, 0) is 24.8 Å². The summed E-state index contributed by atoms with van der Waals surface area (Å²) in [7, 11) is 0. The lowest BCUT2D eigenvalue weighted by molar-refractivity contribution is -0.131. The van der Waals surface area contributed by atoms with Gasteiger partial charge in [0.15, 0.2) is 0 Å². The Morgan fingerprint density at radius 2 is 1.86 bits per heavy atom. The molecule has 0 radical (unpaired) electrons. The van der Waals surface area contributed by atoms with Crippen LogP contribution in [0.3, 0.4) is 0 Å². The van der Waals surface area contributed by atoms with E-state index in [0.717, 1.165) is 11.0 Å². The molecule has 1 aromatic carbocycles. The number of carbonyl (C=O) groups excluding carboxylic acids is 2. The van der Waals surface area contributed by atoms with Gasteiger partial charge in [0.1, 0.15) is 17.2 Å². The van der Waals surface area contributed by atoms with Crippen molar-refractivity contribution in [2.24, 2.45) is 5.41 Å². The highest BCUT2D eigenvalue weighted by atomic mass is 19.1. The van der Waals surface area contributed by atoms with E-state index in [9.17, 15) is 18.4 Å². The molecule has 1 unspecified atom stereocenters. The number of urea groups is 1. The zero-order valence-corrected chi connectivity index (χ0v) is 13.2. The molecule has 1 atom stereocenters. The van der Waals surface area contributed by atoms with Crippen LogP contribution in [0.1, 0.15) is 39.7 Å². The molecule has 120 valence electrons. The van der Waals surface area contributed by atoms with Gasteiger partial charge in [-0.1, -0.05) is 26.8 Å². The van der Waals surface area contributed by atoms with E-state index in [1.807, 2.05) is 20.8 Å². The topological polar surface area (TPSA) is 49.4 Å². The monoisotopic (exact) mass is 310 g/mol. The first-order chi connectivity index (χ1) is 10.0. The van der Waals surface area contributed by atoms with Gasteiger partial charge in [-0.3, -0.25) is 9.69 Å². The molecule has 0 aromatic heterocycles. The van der Waals surface area contributed by atoms with E-state index in [4.69, 9.17) is 0 Å². The number of carbonyl (C=O) groups is 2. The van der Waals surface area contributed by atoms with E-state index in [1.54, 1.807) is 0 Å². The summed E-state index contributed by atoms with van der Waals surface area (Å²) in [5, 5.41) is 2.52. The van der Waals surface area contributed by atoms with Crippen LogP contribution in [0.15, 0.2) is 18.2 Å². The maximum absolute atomic E-state index is 14.0. The van der Waals surface area contributed by atoms with Gasteiger partial charge in [-0.15, -0.1) is 0 Å². The third kappa shape index (κ3) is 2.96. The highest BCUT2D eigenvalue weighted by Crippen LogP contribution is 2.32. The minimum Gasteiger partial charge on any atom is -0.319 e. The molecular formula is C16H20F2N2O2. The number of rotatable bonds is 3. The SMILES string of the molecule is CC(C)(C)CCN1C(=O)NC(C)(c2ccc(F)cc2F)C1=O. The van der Waals surface area contributed by atoms with Crippen molar-refractivity contribution in [2.75, 3.05) is 6.54 Å². The quantitative estimate of drug-likeness (QED) is 0.872. The minimum absolute atomic E-state index is 0.0366. The van der Waals surface area contributed by atoms with Crippen LogP contribution in [0.4, 0.5) is 13.6 Å². The molecule has 6 heteroatoms. The van der Waals surface area contributed by atoms with E-state index < -0.39 is 29.1 Å². The summed E-state index contributed by atoms with van der Waals surface area (Å²) in [5.74, 6) is -2.10. The van der Waals surface area contributed by atoms with Crippen LogP contribution in [0.2, 0.25) is 0 Å². The van der Waals surface area contributed by atoms with Gasteiger partial charge in [-0.25, -0.2) is 13.6 Å². The smallest absolute Gasteiger partial charge is 0.319 e. The predicted octanol–water partition coefficient (Wildman–Crippen LogP) is 3.17. The van der Waals surface area contributed by atoms with E-state index in [2.05, 4.69) is 5.32 Å². The lowest BCUT2D eigenvalue weighted by Gasteiger charge is -2.24. The molecule has 4 nitrogen and oxygen atoms in total. The Kier molecular flexibility index (Phi) is 3.98. The van der Waals surface area contributed by atoms with Gasteiger partial charge in [0.2, 0.25) is 0 Å². The zero-order valence-electron chi connectivity index (χ0n) is 13.2. The maximum atomic E-state index is 14.0. The van der Waals surface area contributed by atoms with E-state index in [1.165, 1.54) is 13.0 Å². The molecular weight excluding hydrogens is 290 g/mol. The normalized spacial score (nSPS) is 22.2. The first kappa shape index (κ1) is 16.4. The number of nitrogens with zero attached hydrogens (tertiary/aromatic N) is 1. The van der Waals surface area contributed by atoms with Crippen molar-refractivity contribution >= 4 is 11.9 Å². The van der Waals surface area contributed by atoms with E-state index in [0.29, 0.717) is 12.5 Å². The third-order valence-corrected chi connectivity index (χ3v) is 3.83. The van der Waals surface area contributed by atoms with Gasteiger partial charge < -0.3 is 5.32 Å². The molecule has 1 heterocycles. The van der Waals surface area contributed by atoms with Crippen molar-refractivity contribution in [3.05, 3.63) is 35.4 Å². The Morgan fingerprint density at radius 3 is 2.41 bits per heavy atom. The van der Waals surface area contributed by atoms with Crippen LogP contribution in [-0.2, 0) is 10.3 Å². The molecule has 0 spiro atoms. The van der Waals surface area contributed by atoms with Gasteiger partial charge in [0.05, 0.1) is 0 Å². The number of hydrogen-bond donors (Lipinski definition) is 1. The summed E-state index contributed by atoms with van der Waals surface area (Å²) in [6.45, 7) is 7.70. The number of hydrogen-bond acceptors (Lipinski definition) is 2. The summed E-state index contributed by atoms with van der Waals surface area (Å²) in [4.78, 5) is 25.7. The fourth-order valence-corrected chi connectivity index (χ4v) is 2.42. The summed E-state index contributed by atoms with van der Waals surface area (Å²) >= 11 is 0. The summed E-state index contributed by atoms with van der Waals surface area (Å²) in [5.41, 5.74) is -1.58. The second-order valence-corrected chi connectivity index (χ2v) is 6.95. The second-order valence-electron chi connectivity index (χ2n) is 6.95. The van der Waals surface area contributed by atoms with Gasteiger partial charge in [-0.2, -0.15) is 0 Å². The first-order valence-corrected chi connectivity index (χ1v) is 7.14. The van der Waals surface area contributed by atoms with Crippen molar-refractivity contribution in [3.8, 4) is 0 Å². The number of amides is 3. The largest absolute Gasteiger partial charge is 0.325 e. The highest BCUT2D eigenvalue weighted by Gasteiger charge is 2.50. The van der Waals surface area contributed by atoms with E-state index >= 15 is 0 Å². The molecule has 1 aromatic rings.